The molecular formula is C23H28N2O4S. The number of ether oxygens (including phenoxy) is 1. The zero-order valence-electron chi connectivity index (χ0n) is 17.2. The monoisotopic (exact) mass is 428 g/mol. The van der Waals surface area contributed by atoms with Crippen LogP contribution in [0.3, 0.4) is 0 Å². The molecule has 6 nitrogen and oxygen atoms in total. The highest BCUT2D eigenvalue weighted by atomic mass is 32.2. The van der Waals surface area contributed by atoms with E-state index in [0.717, 1.165) is 29.5 Å². The average molecular weight is 429 g/mol. The summed E-state index contributed by atoms with van der Waals surface area (Å²) in [5.74, 6) is -0.110. The number of carbonyl (C=O) groups is 1. The van der Waals surface area contributed by atoms with Crippen LogP contribution in [-0.2, 0) is 26.0 Å². The van der Waals surface area contributed by atoms with Crippen molar-refractivity contribution in [1.82, 2.24) is 9.62 Å². The van der Waals surface area contributed by atoms with Gasteiger partial charge in [-0.15, -0.1) is 0 Å². The Morgan fingerprint density at radius 1 is 1.07 bits per heavy atom. The molecule has 1 aliphatic carbocycles. The van der Waals surface area contributed by atoms with Crippen molar-refractivity contribution in [3.8, 4) is 11.1 Å². The summed E-state index contributed by atoms with van der Waals surface area (Å²) in [5, 5.41) is 0. The zero-order chi connectivity index (χ0) is 21.1. The summed E-state index contributed by atoms with van der Waals surface area (Å²) in [6.07, 6.45) is 3.10. The van der Waals surface area contributed by atoms with Gasteiger partial charge in [0.1, 0.15) is 0 Å². The highest BCUT2D eigenvalue weighted by Gasteiger charge is 2.43. The van der Waals surface area contributed by atoms with Crippen LogP contribution in [0.15, 0.2) is 54.6 Å². The van der Waals surface area contributed by atoms with Crippen molar-refractivity contribution in [2.45, 2.75) is 37.8 Å². The van der Waals surface area contributed by atoms with Crippen LogP contribution in [0.1, 0.15) is 24.8 Å². The third kappa shape index (κ3) is 4.91. The van der Waals surface area contributed by atoms with E-state index < -0.39 is 10.0 Å². The highest BCUT2D eigenvalue weighted by Crippen LogP contribution is 2.35. The number of sulfonamides is 1. The number of methoxy groups -OCH3 is 1. The van der Waals surface area contributed by atoms with Gasteiger partial charge in [0.2, 0.25) is 15.9 Å². The van der Waals surface area contributed by atoms with Gasteiger partial charge in [0, 0.05) is 25.6 Å². The number of nitrogens with zero attached hydrogens (tertiary/aromatic N) is 1. The van der Waals surface area contributed by atoms with Gasteiger partial charge in [0.15, 0.2) is 5.94 Å². The Balaban J connectivity index is 1.58. The molecule has 0 radical (unpaired) electrons. The molecule has 2 aromatic rings. The summed E-state index contributed by atoms with van der Waals surface area (Å²) in [4.78, 5) is 14.8. The molecular weight excluding hydrogens is 400 g/mol. The highest BCUT2D eigenvalue weighted by molar-refractivity contribution is 7.89. The van der Waals surface area contributed by atoms with Crippen molar-refractivity contribution in [3.05, 3.63) is 60.2 Å². The maximum absolute atomic E-state index is 12.9. The first-order chi connectivity index (χ1) is 14.5. The van der Waals surface area contributed by atoms with Gasteiger partial charge in [-0.25, -0.2) is 13.1 Å². The van der Waals surface area contributed by atoms with E-state index >= 15 is 0 Å². The number of carbonyl (C=O) groups excluding carboxylic acids is 1. The van der Waals surface area contributed by atoms with E-state index in [4.69, 9.17) is 4.74 Å². The van der Waals surface area contributed by atoms with Crippen LogP contribution in [0.5, 0.6) is 0 Å². The first-order valence-electron chi connectivity index (χ1n) is 10.4. The predicted molar refractivity (Wildman–Crippen MR) is 116 cm³/mol. The number of benzene rings is 2. The average Bonchev–Trinajstić information content (AvgIpc) is 3.52. The van der Waals surface area contributed by atoms with Crippen molar-refractivity contribution < 1.29 is 17.9 Å². The normalized spacial score (nSPS) is 21.7. The van der Waals surface area contributed by atoms with Crippen molar-refractivity contribution >= 4 is 15.9 Å². The van der Waals surface area contributed by atoms with E-state index in [0.29, 0.717) is 19.4 Å². The van der Waals surface area contributed by atoms with E-state index in [2.05, 4.69) is 29.0 Å². The summed E-state index contributed by atoms with van der Waals surface area (Å²) >= 11 is 0. The van der Waals surface area contributed by atoms with Gasteiger partial charge in [-0.3, -0.25) is 4.79 Å². The lowest BCUT2D eigenvalue weighted by Crippen LogP contribution is -2.48. The molecule has 1 saturated carbocycles. The third-order valence-electron chi connectivity index (χ3n) is 5.84. The minimum atomic E-state index is -3.56. The summed E-state index contributed by atoms with van der Waals surface area (Å²) in [6, 6.07) is 17.9. The fourth-order valence-corrected chi connectivity index (χ4v) is 5.37. The molecule has 1 N–H and O–H groups in total. The lowest BCUT2D eigenvalue weighted by atomic mass is 9.97. The van der Waals surface area contributed by atoms with Crippen molar-refractivity contribution in [2.75, 3.05) is 19.6 Å². The van der Waals surface area contributed by atoms with Crippen LogP contribution >= 0.6 is 0 Å². The lowest BCUT2D eigenvalue weighted by Gasteiger charge is -2.29. The van der Waals surface area contributed by atoms with E-state index in [9.17, 15) is 13.2 Å². The number of rotatable bonds is 8. The molecule has 0 aromatic heterocycles. The Morgan fingerprint density at radius 3 is 2.50 bits per heavy atom. The largest absolute Gasteiger partial charge is 0.367 e. The second kappa shape index (κ2) is 8.88. The van der Waals surface area contributed by atoms with Crippen LogP contribution in [0, 0.1) is 5.92 Å². The Hall–Kier alpha value is -2.22. The minimum absolute atomic E-state index is 0.109. The van der Waals surface area contributed by atoms with Crippen LogP contribution in [0.4, 0.5) is 0 Å². The van der Waals surface area contributed by atoms with Gasteiger partial charge >= 0.3 is 0 Å². The van der Waals surface area contributed by atoms with Crippen LogP contribution < -0.4 is 4.72 Å². The van der Waals surface area contributed by atoms with Crippen molar-refractivity contribution in [3.63, 3.8) is 0 Å². The maximum Gasteiger partial charge on any atom is 0.236 e. The number of likely N-dealkylation sites (tertiary alicyclic amines) is 1. The number of hydrogen-bond donors (Lipinski definition) is 1. The first-order valence-corrected chi connectivity index (χ1v) is 12.1. The summed E-state index contributed by atoms with van der Waals surface area (Å²) < 4.78 is 32.2. The SMILES string of the molecule is COCS(=O)(=O)N[C@H]1CCN(C(=O)C2CC2)[C@H]1Cc1cccc(-c2ccccc2)c1. The standard InChI is InChI=1S/C23H28N2O4S/c1-29-16-30(27,28)24-21-12-13-25(23(26)19-10-11-19)22(21)15-17-6-5-9-20(14-17)18-7-3-2-4-8-18/h2-9,14,19,21-22,24H,10-13,15-16H2,1H3/t21-,22-/m0/s1. The van der Waals surface area contributed by atoms with E-state index in [-0.39, 0.29) is 29.8 Å². The smallest absolute Gasteiger partial charge is 0.236 e. The van der Waals surface area contributed by atoms with Crippen molar-refractivity contribution in [2.24, 2.45) is 5.92 Å². The predicted octanol–water partition coefficient (Wildman–Crippen LogP) is 2.80. The fraction of sp³-hybridized carbons (Fsp3) is 0.435. The maximum atomic E-state index is 12.9. The zero-order valence-corrected chi connectivity index (χ0v) is 18.0. The van der Waals surface area contributed by atoms with Gasteiger partial charge in [-0.05, 0) is 42.4 Å². The Morgan fingerprint density at radius 2 is 1.80 bits per heavy atom. The van der Waals surface area contributed by atoms with E-state index in [1.807, 2.05) is 35.2 Å². The molecule has 30 heavy (non-hydrogen) atoms. The molecule has 0 spiro atoms. The van der Waals surface area contributed by atoms with Gasteiger partial charge in [-0.2, -0.15) is 0 Å². The molecule has 0 unspecified atom stereocenters. The van der Waals surface area contributed by atoms with Crippen LogP contribution in [0.2, 0.25) is 0 Å². The number of hydrogen-bond acceptors (Lipinski definition) is 4. The van der Waals surface area contributed by atoms with Gasteiger partial charge in [0.25, 0.3) is 0 Å². The first kappa shape index (κ1) is 21.0. The third-order valence-corrected chi connectivity index (χ3v) is 7.05. The molecule has 2 aliphatic rings. The molecule has 1 saturated heterocycles. The topological polar surface area (TPSA) is 75.7 Å². The summed E-state index contributed by atoms with van der Waals surface area (Å²) in [7, 11) is -2.19. The minimum Gasteiger partial charge on any atom is -0.367 e. The number of nitrogens with one attached hydrogen (secondary N) is 1. The van der Waals surface area contributed by atoms with E-state index in [1.165, 1.54) is 7.11 Å². The molecule has 0 bridgehead atoms. The Labute approximate surface area is 178 Å². The molecule has 7 heteroatoms. The summed E-state index contributed by atoms with van der Waals surface area (Å²) in [5.41, 5.74) is 3.34. The number of amides is 1. The second-order valence-electron chi connectivity index (χ2n) is 8.18. The van der Waals surface area contributed by atoms with Gasteiger partial charge in [0.05, 0.1) is 6.04 Å². The fourth-order valence-electron chi connectivity index (χ4n) is 4.25. The van der Waals surface area contributed by atoms with Crippen molar-refractivity contribution in [1.29, 1.82) is 0 Å². The van der Waals surface area contributed by atoms with E-state index in [1.54, 1.807) is 0 Å². The quantitative estimate of drug-likeness (QED) is 0.702. The lowest BCUT2D eigenvalue weighted by molar-refractivity contribution is -0.133. The van der Waals surface area contributed by atoms with Gasteiger partial charge < -0.3 is 9.64 Å². The Bertz CT molecular complexity index is 989. The molecule has 1 heterocycles. The molecule has 2 atom stereocenters. The molecule has 160 valence electrons. The van der Waals surface area contributed by atoms with Crippen LogP contribution in [0.25, 0.3) is 11.1 Å². The summed E-state index contributed by atoms with van der Waals surface area (Å²) in [6.45, 7) is 0.582. The molecule has 4 rings (SSSR count). The second-order valence-corrected chi connectivity index (χ2v) is 9.88. The van der Waals surface area contributed by atoms with Gasteiger partial charge in [-0.1, -0.05) is 54.6 Å². The molecule has 1 amide bonds. The Kier molecular flexibility index (Phi) is 6.22. The van der Waals surface area contributed by atoms with Crippen LogP contribution in [-0.4, -0.2) is 50.9 Å². The molecule has 1 aliphatic heterocycles. The molecule has 2 fully saturated rings. The molecule has 2 aromatic carbocycles.